The van der Waals surface area contributed by atoms with E-state index < -0.39 is 11.9 Å². The molecule has 7 nitrogen and oxygen atoms in total. The van der Waals surface area contributed by atoms with Gasteiger partial charge < -0.3 is 19.5 Å². The molecule has 2 aromatic carbocycles. The molecule has 0 aliphatic carbocycles. The fraction of sp³-hybridized carbons (Fsp3) is 0.240. The highest BCUT2D eigenvalue weighted by molar-refractivity contribution is 6.01. The second-order valence-corrected chi connectivity index (χ2v) is 6.74. The number of benzene rings is 2. The number of methoxy groups -OCH3 is 1. The maximum absolute atomic E-state index is 12.2. The molecule has 32 heavy (non-hydrogen) atoms. The Morgan fingerprint density at radius 3 is 2.53 bits per heavy atom. The molecule has 0 radical (unpaired) electrons. The van der Waals surface area contributed by atoms with Crippen LogP contribution in [0.5, 0.6) is 17.2 Å². The van der Waals surface area contributed by atoms with Gasteiger partial charge in [-0.2, -0.15) is 5.26 Å². The molecule has 166 valence electrons. The summed E-state index contributed by atoms with van der Waals surface area (Å²) in [5, 5.41) is 11.8. The summed E-state index contributed by atoms with van der Waals surface area (Å²) in [5.74, 6) is -0.0496. The van der Waals surface area contributed by atoms with E-state index in [1.807, 2.05) is 30.3 Å². The zero-order chi connectivity index (χ0) is 23.3. The van der Waals surface area contributed by atoms with E-state index in [-0.39, 0.29) is 30.2 Å². The number of rotatable bonds is 11. The number of nitrogens with zero attached hydrogens (tertiary/aromatic N) is 1. The minimum atomic E-state index is -0.592. The monoisotopic (exact) mass is 434 g/mol. The van der Waals surface area contributed by atoms with Crippen LogP contribution in [0.4, 0.5) is 0 Å². The number of aryl methyl sites for hydroxylation is 1. The summed E-state index contributed by atoms with van der Waals surface area (Å²) in [6.07, 6.45) is 4.98. The Hall–Kier alpha value is -4.05. The Morgan fingerprint density at radius 2 is 1.91 bits per heavy atom. The number of carbonyl (C=O) groups excluding carboxylic acids is 2. The lowest BCUT2D eigenvalue weighted by molar-refractivity contribution is -0.136. The Labute approximate surface area is 187 Å². The topological polar surface area (TPSA) is 97.7 Å². The van der Waals surface area contributed by atoms with Gasteiger partial charge in [0.05, 0.1) is 7.11 Å². The van der Waals surface area contributed by atoms with Crippen molar-refractivity contribution >= 4 is 18.0 Å². The minimum Gasteiger partial charge on any atom is -0.493 e. The van der Waals surface area contributed by atoms with E-state index in [1.54, 1.807) is 12.1 Å². The number of esters is 1. The zero-order valence-electron chi connectivity index (χ0n) is 18.2. The largest absolute Gasteiger partial charge is 0.493 e. The van der Waals surface area contributed by atoms with Gasteiger partial charge in [0.15, 0.2) is 18.1 Å². The summed E-state index contributed by atoms with van der Waals surface area (Å²) >= 11 is 0. The number of nitriles is 1. The third-order valence-electron chi connectivity index (χ3n) is 4.31. The lowest BCUT2D eigenvalue weighted by Gasteiger charge is -2.11. The molecule has 0 heterocycles. The fourth-order valence-corrected chi connectivity index (χ4v) is 2.77. The van der Waals surface area contributed by atoms with Crippen LogP contribution >= 0.6 is 0 Å². The molecule has 0 unspecified atom stereocenters. The van der Waals surface area contributed by atoms with E-state index in [1.165, 1.54) is 30.9 Å². The standard InChI is InChI=1S/C25H26N2O5/c1-4-6-18-7-10-21(11-8-18)31-17-24(28)32-22-12-9-19(15-23(22)30-3)14-20(16-26)25(29)27-13-5-2/h5,7-12,14-15H,2,4,6,13,17H2,1,3H3,(H,27,29)/b20-14+. The van der Waals surface area contributed by atoms with Gasteiger partial charge in [-0.3, -0.25) is 4.79 Å². The first-order valence-electron chi connectivity index (χ1n) is 10.1. The molecular formula is C25H26N2O5. The minimum absolute atomic E-state index is 0.0722. The average Bonchev–Trinajstić information content (AvgIpc) is 2.81. The van der Waals surface area contributed by atoms with Crippen LogP contribution in [0.2, 0.25) is 0 Å². The summed E-state index contributed by atoms with van der Waals surface area (Å²) in [4.78, 5) is 24.2. The summed E-state index contributed by atoms with van der Waals surface area (Å²) < 4.78 is 16.1. The van der Waals surface area contributed by atoms with Gasteiger partial charge in [-0.05, 0) is 47.9 Å². The predicted octanol–water partition coefficient (Wildman–Crippen LogP) is 3.84. The molecule has 0 spiro atoms. The quantitative estimate of drug-likeness (QED) is 0.190. The second-order valence-electron chi connectivity index (χ2n) is 6.74. The molecule has 0 atom stereocenters. The summed E-state index contributed by atoms with van der Waals surface area (Å²) in [7, 11) is 1.43. The number of carbonyl (C=O) groups is 2. The molecule has 2 rings (SSSR count). The van der Waals surface area contributed by atoms with Crippen LogP contribution in [0.1, 0.15) is 24.5 Å². The van der Waals surface area contributed by atoms with Gasteiger partial charge in [-0.25, -0.2) is 4.79 Å². The van der Waals surface area contributed by atoms with Crippen LogP contribution in [-0.2, 0) is 16.0 Å². The maximum atomic E-state index is 12.2. The highest BCUT2D eigenvalue weighted by atomic mass is 16.6. The predicted molar refractivity (Wildman–Crippen MR) is 121 cm³/mol. The molecular weight excluding hydrogens is 408 g/mol. The van der Waals surface area contributed by atoms with Crippen molar-refractivity contribution in [3.8, 4) is 23.3 Å². The van der Waals surface area contributed by atoms with Gasteiger partial charge in [0, 0.05) is 6.54 Å². The highest BCUT2D eigenvalue weighted by Crippen LogP contribution is 2.29. The van der Waals surface area contributed by atoms with Crippen molar-refractivity contribution in [1.82, 2.24) is 5.32 Å². The van der Waals surface area contributed by atoms with E-state index in [0.717, 1.165) is 12.8 Å². The van der Waals surface area contributed by atoms with E-state index >= 15 is 0 Å². The molecule has 1 amide bonds. The van der Waals surface area contributed by atoms with Gasteiger partial charge >= 0.3 is 5.97 Å². The summed E-state index contributed by atoms with van der Waals surface area (Å²) in [6.45, 7) is 5.61. The van der Waals surface area contributed by atoms with Gasteiger partial charge in [0.2, 0.25) is 0 Å². The fourth-order valence-electron chi connectivity index (χ4n) is 2.77. The summed E-state index contributed by atoms with van der Waals surface area (Å²) in [6, 6.07) is 14.1. The molecule has 0 saturated heterocycles. The molecule has 1 N–H and O–H groups in total. The first kappa shape index (κ1) is 24.2. The Kier molecular flexibility index (Phi) is 9.54. The van der Waals surface area contributed by atoms with Gasteiger partial charge in [0.25, 0.3) is 5.91 Å². The third kappa shape index (κ3) is 7.33. The number of hydrogen-bond donors (Lipinski definition) is 1. The lowest BCUT2D eigenvalue weighted by atomic mass is 10.1. The number of amides is 1. The Bertz CT molecular complexity index is 1020. The normalized spacial score (nSPS) is 10.6. The maximum Gasteiger partial charge on any atom is 0.349 e. The Morgan fingerprint density at radius 1 is 1.16 bits per heavy atom. The third-order valence-corrected chi connectivity index (χ3v) is 4.31. The second kappa shape index (κ2) is 12.6. The van der Waals surface area contributed by atoms with E-state index in [2.05, 4.69) is 18.8 Å². The van der Waals surface area contributed by atoms with Crippen molar-refractivity contribution in [2.24, 2.45) is 0 Å². The van der Waals surface area contributed by atoms with Crippen LogP contribution < -0.4 is 19.5 Å². The Balaban J connectivity index is 2.03. The van der Waals surface area contributed by atoms with Crippen LogP contribution in [0, 0.1) is 11.3 Å². The van der Waals surface area contributed by atoms with Crippen molar-refractivity contribution in [2.45, 2.75) is 19.8 Å². The smallest absolute Gasteiger partial charge is 0.349 e. The summed E-state index contributed by atoms with van der Waals surface area (Å²) in [5.41, 5.74) is 1.67. The van der Waals surface area contributed by atoms with Crippen LogP contribution in [0.15, 0.2) is 60.7 Å². The van der Waals surface area contributed by atoms with E-state index in [9.17, 15) is 14.9 Å². The highest BCUT2D eigenvalue weighted by Gasteiger charge is 2.13. The molecule has 0 aliphatic rings. The first-order chi connectivity index (χ1) is 15.5. The van der Waals surface area contributed by atoms with E-state index in [0.29, 0.717) is 11.3 Å². The molecule has 7 heteroatoms. The van der Waals surface area contributed by atoms with Crippen molar-refractivity contribution in [3.63, 3.8) is 0 Å². The number of hydrogen-bond acceptors (Lipinski definition) is 6. The van der Waals surface area contributed by atoms with Gasteiger partial charge in [-0.1, -0.05) is 37.6 Å². The zero-order valence-corrected chi connectivity index (χ0v) is 18.2. The van der Waals surface area contributed by atoms with Crippen LogP contribution in [0.25, 0.3) is 6.08 Å². The first-order valence-corrected chi connectivity index (χ1v) is 10.1. The van der Waals surface area contributed by atoms with Crippen molar-refractivity contribution in [1.29, 1.82) is 5.26 Å². The number of nitrogens with one attached hydrogen (secondary N) is 1. The lowest BCUT2D eigenvalue weighted by Crippen LogP contribution is -2.24. The van der Waals surface area contributed by atoms with Crippen molar-refractivity contribution in [2.75, 3.05) is 20.3 Å². The molecule has 0 bridgehead atoms. The molecule has 0 fully saturated rings. The molecule has 0 aromatic heterocycles. The molecule has 0 aliphatic heterocycles. The average molecular weight is 434 g/mol. The van der Waals surface area contributed by atoms with Crippen LogP contribution in [0.3, 0.4) is 0 Å². The SMILES string of the molecule is C=CCNC(=O)/C(C#N)=C/c1ccc(OC(=O)COc2ccc(CCC)cc2)c(OC)c1. The van der Waals surface area contributed by atoms with Crippen molar-refractivity contribution in [3.05, 3.63) is 71.8 Å². The molecule has 0 saturated carbocycles. The number of ether oxygens (including phenoxy) is 3. The van der Waals surface area contributed by atoms with Crippen molar-refractivity contribution < 1.29 is 23.8 Å². The van der Waals surface area contributed by atoms with Gasteiger partial charge in [0.1, 0.15) is 17.4 Å². The van der Waals surface area contributed by atoms with Gasteiger partial charge in [-0.15, -0.1) is 6.58 Å². The van der Waals surface area contributed by atoms with E-state index in [4.69, 9.17) is 14.2 Å². The molecule has 2 aromatic rings. The van der Waals surface area contributed by atoms with Crippen LogP contribution in [-0.4, -0.2) is 32.1 Å².